The number of phenols is 3. The lowest BCUT2D eigenvalue weighted by Crippen LogP contribution is -2.33. The van der Waals surface area contributed by atoms with Crippen molar-refractivity contribution in [3.05, 3.63) is 109 Å². The summed E-state index contributed by atoms with van der Waals surface area (Å²) in [5, 5.41) is 36.0. The number of carbonyl (C=O) groups is 1. The van der Waals surface area contributed by atoms with Crippen LogP contribution in [0.2, 0.25) is 0 Å². The van der Waals surface area contributed by atoms with Gasteiger partial charge in [-0.1, -0.05) is 86.7 Å². The number of phenolic OH excluding ortho intramolecular Hbond substituents is 3. The molecule has 1 amide bonds. The van der Waals surface area contributed by atoms with Crippen molar-refractivity contribution in [2.24, 2.45) is 0 Å². The highest BCUT2D eigenvalue weighted by Crippen LogP contribution is 2.56. The largest absolute Gasteiger partial charge is 0.748 e. The molecule has 0 aliphatic carbocycles. The first-order valence-electron chi connectivity index (χ1n) is 16.5. The van der Waals surface area contributed by atoms with Crippen LogP contribution in [-0.2, 0) is 21.3 Å². The second-order valence-electron chi connectivity index (χ2n) is 11.9. The van der Waals surface area contributed by atoms with E-state index in [0.29, 0.717) is 24.8 Å². The van der Waals surface area contributed by atoms with E-state index in [1.54, 1.807) is 0 Å². The second kappa shape index (κ2) is 19.8. The smallest absolute Gasteiger partial charge is 0.220 e. The van der Waals surface area contributed by atoms with E-state index in [1.807, 2.05) is 0 Å². The van der Waals surface area contributed by atoms with Crippen molar-refractivity contribution >= 4 is 39.2 Å². The van der Waals surface area contributed by atoms with Crippen molar-refractivity contribution in [2.45, 2.75) is 64.2 Å². The number of amides is 1. The number of carbonyl (C=O) groups excluding carboxylic acids is 1. The van der Waals surface area contributed by atoms with Gasteiger partial charge in [-0.15, -0.1) is 0 Å². The minimum atomic E-state index is -3.92. The third-order valence-electron chi connectivity index (χ3n) is 8.10. The number of nitrogens with one attached hydrogen (secondary N) is 1. The Morgan fingerprint density at radius 1 is 0.667 bits per heavy atom. The van der Waals surface area contributed by atoms with Crippen molar-refractivity contribution in [2.75, 3.05) is 19.0 Å². The Kier molecular flexibility index (Phi) is 15.9. The van der Waals surface area contributed by atoms with Gasteiger partial charge in [-0.2, -0.15) is 0 Å². The van der Waals surface area contributed by atoms with Crippen molar-refractivity contribution in [1.82, 2.24) is 5.32 Å². The molecule has 4 N–H and O–H groups in total. The number of benzene rings is 4. The molecule has 8 nitrogen and oxygen atoms in total. The van der Waals surface area contributed by atoms with Crippen LogP contribution >= 0.6 is 7.26 Å². The Hall–Kier alpha value is -3.91. The molecule has 0 saturated carbocycles. The number of aryl methyl sites for hydroxylation is 1. The van der Waals surface area contributed by atoms with E-state index >= 15 is 0 Å². The summed E-state index contributed by atoms with van der Waals surface area (Å²) in [6.45, 7) is 0.662. The van der Waals surface area contributed by atoms with Gasteiger partial charge in [0.05, 0.1) is 16.3 Å². The summed E-state index contributed by atoms with van der Waals surface area (Å²) >= 11 is 0. The van der Waals surface area contributed by atoms with E-state index in [1.165, 1.54) is 72.7 Å². The maximum Gasteiger partial charge on any atom is 0.220 e. The van der Waals surface area contributed by atoms with E-state index < -0.39 is 23.1 Å². The molecular weight excluding hydrogens is 645 g/mol. The van der Waals surface area contributed by atoms with Gasteiger partial charge in [-0.05, 0) is 79.8 Å². The molecule has 4 rings (SSSR count). The van der Waals surface area contributed by atoms with Crippen molar-refractivity contribution in [3.63, 3.8) is 0 Å². The number of unbranched alkanes of at least 4 members (excludes halogenated alkanes) is 7. The lowest BCUT2D eigenvalue weighted by molar-refractivity contribution is -0.121. The Labute approximate surface area is 286 Å². The van der Waals surface area contributed by atoms with Gasteiger partial charge < -0.3 is 25.2 Å². The minimum Gasteiger partial charge on any atom is -0.748 e. The number of rotatable bonds is 17. The normalized spacial score (nSPS) is 11.4. The van der Waals surface area contributed by atoms with E-state index in [0.717, 1.165) is 12.8 Å². The third-order valence-corrected chi connectivity index (χ3v) is 12.6. The summed E-state index contributed by atoms with van der Waals surface area (Å²) < 4.78 is 27.2. The van der Waals surface area contributed by atoms with Crippen LogP contribution in [0.3, 0.4) is 0 Å². The first kappa shape index (κ1) is 38.5. The van der Waals surface area contributed by atoms with Crippen LogP contribution in [0, 0.1) is 0 Å². The van der Waals surface area contributed by atoms with E-state index in [4.69, 9.17) is 13.0 Å². The van der Waals surface area contributed by atoms with Crippen molar-refractivity contribution in [1.29, 1.82) is 0 Å². The molecule has 0 fully saturated rings. The fraction of sp³-hybridized carbons (Fsp3) is 0.342. The Morgan fingerprint density at radius 3 is 1.46 bits per heavy atom. The number of hydrogen-bond acceptors (Lipinski definition) is 7. The standard InChI is InChI=1S/C37H44NO4P.CH4O3S/c39-34-28-30(29-35(40)37(34)42)24-25-36(41)38-26-16-5-3-1-2-4-6-17-27-43(31-18-10-7-11-19-31,32-20-12-8-13-21-32)33-22-14-9-15-23-33;1-5(2,3)4/h7-15,18-23,28-29H,1-6,16-17,24-27H2,(H3-,38,39,40,41,42);1H3,(H,2,3,4). The monoisotopic (exact) mass is 693 g/mol. The average molecular weight is 694 g/mol. The van der Waals surface area contributed by atoms with Gasteiger partial charge in [0, 0.05) is 19.2 Å². The highest BCUT2D eigenvalue weighted by molar-refractivity contribution is 7.95. The molecule has 258 valence electrons. The van der Waals surface area contributed by atoms with E-state index in [-0.39, 0.29) is 23.8 Å². The molecule has 0 atom stereocenters. The second-order valence-corrected chi connectivity index (χ2v) is 16.9. The molecule has 0 spiro atoms. The minimum absolute atomic E-state index is 0.0486. The topological polar surface area (TPSA) is 147 Å². The van der Waals surface area contributed by atoms with Crippen molar-refractivity contribution < 1.29 is 33.1 Å². The zero-order valence-corrected chi connectivity index (χ0v) is 29.3. The number of hydrogen-bond donors (Lipinski definition) is 4. The predicted molar refractivity (Wildman–Crippen MR) is 195 cm³/mol. The third kappa shape index (κ3) is 12.9. The highest BCUT2D eigenvalue weighted by atomic mass is 32.2. The summed E-state index contributed by atoms with van der Waals surface area (Å²) in [7, 11) is -5.65. The zero-order valence-electron chi connectivity index (χ0n) is 27.6. The molecule has 48 heavy (non-hydrogen) atoms. The summed E-state index contributed by atoms with van der Waals surface area (Å²) in [4.78, 5) is 12.1. The van der Waals surface area contributed by atoms with Crippen LogP contribution < -0.4 is 21.2 Å². The Balaban J connectivity index is 0.00000116. The summed E-state index contributed by atoms with van der Waals surface area (Å²) in [6.07, 6.45) is 11.8. The molecule has 0 aliphatic rings. The molecule has 4 aromatic rings. The fourth-order valence-electron chi connectivity index (χ4n) is 5.80. The highest BCUT2D eigenvalue weighted by Gasteiger charge is 2.44. The van der Waals surface area contributed by atoms with Gasteiger partial charge >= 0.3 is 0 Å². The Bertz CT molecular complexity index is 1510. The van der Waals surface area contributed by atoms with Gasteiger partial charge in [0.2, 0.25) is 5.91 Å². The van der Waals surface area contributed by atoms with Gasteiger partial charge in [0.15, 0.2) is 17.2 Å². The Morgan fingerprint density at radius 2 is 1.04 bits per heavy atom. The fourth-order valence-corrected chi connectivity index (χ4v) is 10.2. The molecule has 0 aliphatic heterocycles. The van der Waals surface area contributed by atoms with Gasteiger partial charge in [-0.3, -0.25) is 4.79 Å². The molecule has 0 radical (unpaired) electrons. The van der Waals surface area contributed by atoms with Crippen molar-refractivity contribution in [3.8, 4) is 17.2 Å². The molecule has 0 saturated heterocycles. The van der Waals surface area contributed by atoms with Gasteiger partial charge in [0.1, 0.15) is 23.2 Å². The average Bonchev–Trinajstić information content (AvgIpc) is 3.07. The quantitative estimate of drug-likeness (QED) is 0.0451. The van der Waals surface area contributed by atoms with E-state index in [2.05, 4.69) is 96.3 Å². The summed E-state index contributed by atoms with van der Waals surface area (Å²) in [6, 6.07) is 36.1. The summed E-state index contributed by atoms with van der Waals surface area (Å²) in [5.74, 6) is -1.34. The molecule has 0 aromatic heterocycles. The predicted octanol–water partition coefficient (Wildman–Crippen LogP) is 6.13. The molecular formula is C38H48NO7PS. The van der Waals surface area contributed by atoms with Gasteiger partial charge in [-0.25, -0.2) is 8.42 Å². The molecule has 0 bridgehead atoms. The van der Waals surface area contributed by atoms with Crippen LogP contribution in [0.1, 0.15) is 63.4 Å². The van der Waals surface area contributed by atoms with Crippen LogP contribution in [0.4, 0.5) is 0 Å². The van der Waals surface area contributed by atoms with Crippen LogP contribution in [-0.4, -0.2) is 53.2 Å². The first-order chi connectivity index (χ1) is 23.0. The molecule has 0 heterocycles. The van der Waals surface area contributed by atoms with Gasteiger partial charge in [0.25, 0.3) is 0 Å². The lowest BCUT2D eigenvalue weighted by atomic mass is 10.1. The SMILES string of the molecule is CS(=O)(=O)[O-].O=C(CCc1cc(O)c(O)c(O)c1)NCCCCCCCCCC[P+](c1ccccc1)(c1ccccc1)c1ccccc1. The molecule has 4 aromatic carbocycles. The first-order valence-corrected chi connectivity index (χ1v) is 20.3. The molecule has 10 heteroatoms. The lowest BCUT2D eigenvalue weighted by Gasteiger charge is -2.27. The number of aromatic hydroxyl groups is 3. The maximum atomic E-state index is 12.1. The van der Waals surface area contributed by atoms with Crippen LogP contribution in [0.25, 0.3) is 0 Å². The maximum absolute atomic E-state index is 12.1. The van der Waals surface area contributed by atoms with E-state index in [9.17, 15) is 20.1 Å². The zero-order chi connectivity index (χ0) is 34.8. The van der Waals surface area contributed by atoms with Crippen LogP contribution in [0.5, 0.6) is 17.2 Å². The van der Waals surface area contributed by atoms with Crippen LogP contribution in [0.15, 0.2) is 103 Å². The molecule has 0 unspecified atom stereocenters. The summed E-state index contributed by atoms with van der Waals surface area (Å²) in [5.41, 5.74) is 0.607.